The lowest BCUT2D eigenvalue weighted by Gasteiger charge is -2.24. The smallest absolute Gasteiger partial charge is 0.329 e. The first-order valence-corrected chi connectivity index (χ1v) is 15.1. The van der Waals surface area contributed by atoms with Crippen LogP contribution in [0.1, 0.15) is 88.0 Å². The molecule has 2 atom stereocenters. The van der Waals surface area contributed by atoms with Crippen molar-refractivity contribution in [3.05, 3.63) is 53.0 Å². The Labute approximate surface area is 246 Å². The lowest BCUT2D eigenvalue weighted by atomic mass is 10.0. The number of aromatic nitrogens is 1. The van der Waals surface area contributed by atoms with Crippen LogP contribution in [-0.2, 0) is 30.5 Å². The number of aryl methyl sites for hydroxylation is 1. The van der Waals surface area contributed by atoms with E-state index in [4.69, 9.17) is 4.74 Å². The lowest BCUT2D eigenvalue weighted by molar-refractivity contribution is -0.153. The summed E-state index contributed by atoms with van der Waals surface area (Å²) in [4.78, 5) is 68.2. The van der Waals surface area contributed by atoms with Gasteiger partial charge in [-0.1, -0.05) is 63.6 Å². The van der Waals surface area contributed by atoms with Gasteiger partial charge < -0.3 is 20.7 Å². The molecule has 0 unspecified atom stereocenters. The highest BCUT2D eigenvalue weighted by atomic mass is 32.2. The summed E-state index contributed by atoms with van der Waals surface area (Å²) in [7, 11) is 0. The maximum absolute atomic E-state index is 13.2. The number of esters is 1. The molecule has 0 radical (unpaired) electrons. The Hall–Kier alpha value is -3.47. The molecule has 11 heteroatoms. The molecule has 10 nitrogen and oxygen atoms in total. The normalized spacial score (nSPS) is 20.1. The van der Waals surface area contributed by atoms with E-state index in [2.05, 4.69) is 27.9 Å². The molecule has 1 aliphatic heterocycles. The molecule has 1 aliphatic rings. The number of amides is 3. The Bertz CT molecular complexity index is 1160. The Morgan fingerprint density at radius 2 is 1.93 bits per heavy atom. The minimum atomic E-state index is -1.03. The fraction of sp³-hybridized carbons (Fsp3) is 0.533. The number of hydrogen-bond donors (Lipinski definition) is 3. The van der Waals surface area contributed by atoms with Gasteiger partial charge in [-0.3, -0.25) is 19.2 Å². The van der Waals surface area contributed by atoms with Crippen LogP contribution in [0.25, 0.3) is 0 Å². The highest BCUT2D eigenvalue weighted by Gasteiger charge is 2.30. The molecule has 3 amide bonds. The van der Waals surface area contributed by atoms with E-state index in [0.29, 0.717) is 24.3 Å². The summed E-state index contributed by atoms with van der Waals surface area (Å²) in [6, 6.07) is 2.23. The summed E-state index contributed by atoms with van der Waals surface area (Å²) < 4.78 is 5.70. The number of nitrogens with zero attached hydrogens (tertiary/aromatic N) is 1. The zero-order valence-electron chi connectivity index (χ0n) is 24.6. The summed E-state index contributed by atoms with van der Waals surface area (Å²) in [6.07, 6.45) is 7.93. The number of pyridine rings is 1. The SMILES string of the molecule is C/C=C1\NC(=O)c2ccc(C)c(n2)CNC(=O)C[C@@H](/C=C/CCSC(=O)CCCCC)OC(=O)[C@H](C(C)C)NC1=O. The highest BCUT2D eigenvalue weighted by molar-refractivity contribution is 8.13. The van der Waals surface area contributed by atoms with E-state index in [1.165, 1.54) is 23.9 Å². The molecule has 0 fully saturated rings. The van der Waals surface area contributed by atoms with Gasteiger partial charge in [-0.15, -0.1) is 0 Å². The van der Waals surface area contributed by atoms with Crippen LogP contribution in [0.3, 0.4) is 0 Å². The van der Waals surface area contributed by atoms with Gasteiger partial charge >= 0.3 is 5.97 Å². The van der Waals surface area contributed by atoms with Crippen molar-refractivity contribution in [2.45, 2.75) is 91.8 Å². The number of carbonyl (C=O) groups excluding carboxylic acids is 5. The molecule has 0 saturated carbocycles. The molecule has 0 aromatic carbocycles. The number of carbonyl (C=O) groups is 5. The van der Waals surface area contributed by atoms with E-state index in [-0.39, 0.29) is 41.3 Å². The maximum Gasteiger partial charge on any atom is 0.329 e. The van der Waals surface area contributed by atoms with Gasteiger partial charge in [-0.2, -0.15) is 0 Å². The van der Waals surface area contributed by atoms with E-state index in [1.54, 1.807) is 39.0 Å². The number of allylic oxidation sites excluding steroid dienone is 2. The van der Waals surface area contributed by atoms with Crippen molar-refractivity contribution in [3.8, 4) is 0 Å². The number of unbranched alkanes of at least 4 members (excludes halogenated alkanes) is 2. The van der Waals surface area contributed by atoms with E-state index in [9.17, 15) is 24.0 Å². The van der Waals surface area contributed by atoms with Crippen LogP contribution >= 0.6 is 11.8 Å². The molecule has 0 aliphatic carbocycles. The first-order chi connectivity index (χ1) is 19.5. The lowest BCUT2D eigenvalue weighted by Crippen LogP contribution is -2.48. The summed E-state index contributed by atoms with van der Waals surface area (Å²) in [6.45, 7) is 9.07. The molecule has 2 rings (SSSR count). The molecule has 3 N–H and O–H groups in total. The zero-order chi connectivity index (χ0) is 30.4. The molecule has 2 heterocycles. The van der Waals surface area contributed by atoms with Gasteiger partial charge in [-0.05, 0) is 50.3 Å². The zero-order valence-corrected chi connectivity index (χ0v) is 25.4. The second-order valence-electron chi connectivity index (χ2n) is 10.2. The number of hydrogen-bond acceptors (Lipinski definition) is 8. The highest BCUT2D eigenvalue weighted by Crippen LogP contribution is 2.14. The molecule has 0 spiro atoms. The van der Waals surface area contributed by atoms with Gasteiger partial charge in [0.15, 0.2) is 5.12 Å². The van der Waals surface area contributed by atoms with Gasteiger partial charge in [0.1, 0.15) is 23.5 Å². The van der Waals surface area contributed by atoms with Crippen molar-refractivity contribution in [2.24, 2.45) is 5.92 Å². The van der Waals surface area contributed by atoms with Gasteiger partial charge in [0.2, 0.25) is 5.91 Å². The average molecular weight is 587 g/mol. The largest absolute Gasteiger partial charge is 0.456 e. The fourth-order valence-corrected chi connectivity index (χ4v) is 4.70. The second-order valence-corrected chi connectivity index (χ2v) is 11.3. The summed E-state index contributed by atoms with van der Waals surface area (Å²) >= 11 is 1.27. The van der Waals surface area contributed by atoms with Crippen molar-refractivity contribution in [2.75, 3.05) is 5.75 Å². The summed E-state index contributed by atoms with van der Waals surface area (Å²) in [5.41, 5.74) is 1.32. The van der Waals surface area contributed by atoms with E-state index < -0.39 is 29.9 Å². The van der Waals surface area contributed by atoms with Crippen molar-refractivity contribution in [3.63, 3.8) is 0 Å². The van der Waals surface area contributed by atoms with Gasteiger partial charge in [0, 0.05) is 12.2 Å². The predicted octanol–water partition coefficient (Wildman–Crippen LogP) is 3.88. The number of nitrogens with one attached hydrogen (secondary N) is 3. The minimum Gasteiger partial charge on any atom is -0.456 e. The van der Waals surface area contributed by atoms with Crippen LogP contribution in [-0.4, -0.2) is 51.7 Å². The molecule has 1 aromatic rings. The molecule has 224 valence electrons. The molecule has 41 heavy (non-hydrogen) atoms. The molecule has 1 aromatic heterocycles. The van der Waals surface area contributed by atoms with Crippen LogP contribution in [0.5, 0.6) is 0 Å². The standard InChI is InChI=1S/C30H42N4O6S/c1-6-8-9-13-26(36)41-16-11-10-12-21-17-25(35)31-18-24-20(5)14-15-23(32-24)29(38)33-22(7-2)28(37)34-27(19(3)4)30(39)40-21/h7,10,12,14-15,19,21,27H,6,8-9,11,13,16-18H2,1-5H3,(H,31,35)(H,33,38)(H,34,37)/b12-10+,22-7-/t21-,27+/m1/s1. The molecular weight excluding hydrogens is 544 g/mol. The quantitative estimate of drug-likeness (QED) is 0.171. The first kappa shape index (κ1) is 33.7. The van der Waals surface area contributed by atoms with Gasteiger partial charge in [-0.25, -0.2) is 9.78 Å². The predicted molar refractivity (Wildman–Crippen MR) is 159 cm³/mol. The van der Waals surface area contributed by atoms with Gasteiger partial charge in [0.25, 0.3) is 11.8 Å². The number of rotatable bonds is 9. The third kappa shape index (κ3) is 11.5. The average Bonchev–Trinajstić information content (AvgIpc) is 2.92. The Kier molecular flexibility index (Phi) is 14.3. The number of thioether (sulfide) groups is 1. The van der Waals surface area contributed by atoms with Gasteiger partial charge in [0.05, 0.1) is 18.7 Å². The fourth-order valence-electron chi connectivity index (χ4n) is 3.93. The third-order valence-corrected chi connectivity index (χ3v) is 7.38. The summed E-state index contributed by atoms with van der Waals surface area (Å²) in [5, 5.41) is 8.14. The number of cyclic esters (lactones) is 1. The first-order valence-electron chi connectivity index (χ1n) is 14.1. The van der Waals surface area contributed by atoms with E-state index in [0.717, 1.165) is 24.8 Å². The Balaban J connectivity index is 2.25. The number of fused-ring (bicyclic) bond motifs is 2. The third-order valence-electron chi connectivity index (χ3n) is 6.41. The van der Waals surface area contributed by atoms with Crippen molar-refractivity contribution < 1.29 is 28.7 Å². The van der Waals surface area contributed by atoms with E-state index >= 15 is 0 Å². The van der Waals surface area contributed by atoms with Crippen LogP contribution in [0.2, 0.25) is 0 Å². The molecular formula is C30H42N4O6S. The van der Waals surface area contributed by atoms with Crippen LogP contribution in [0.15, 0.2) is 36.1 Å². The minimum absolute atomic E-state index is 0.0315. The van der Waals surface area contributed by atoms with Crippen molar-refractivity contribution >= 4 is 40.6 Å². The molecule has 0 saturated heterocycles. The summed E-state index contributed by atoms with van der Waals surface area (Å²) in [5.74, 6) is -2.08. The Morgan fingerprint density at radius 1 is 1.17 bits per heavy atom. The number of ether oxygens (including phenoxy) is 1. The monoisotopic (exact) mass is 586 g/mol. The van der Waals surface area contributed by atoms with Crippen LogP contribution in [0.4, 0.5) is 0 Å². The maximum atomic E-state index is 13.2. The van der Waals surface area contributed by atoms with Crippen LogP contribution < -0.4 is 16.0 Å². The topological polar surface area (TPSA) is 144 Å². The van der Waals surface area contributed by atoms with E-state index in [1.807, 2.05) is 6.92 Å². The van der Waals surface area contributed by atoms with Crippen molar-refractivity contribution in [1.29, 1.82) is 0 Å². The molecule has 2 bridgehead atoms. The van der Waals surface area contributed by atoms with Crippen molar-refractivity contribution in [1.82, 2.24) is 20.9 Å². The van der Waals surface area contributed by atoms with Crippen LogP contribution in [0, 0.1) is 12.8 Å². The Morgan fingerprint density at radius 3 is 2.61 bits per heavy atom. The second kappa shape index (κ2) is 17.4.